The van der Waals surface area contributed by atoms with Gasteiger partial charge in [0.1, 0.15) is 11.4 Å². The maximum Gasteiger partial charge on any atom is 0.356 e. The number of ether oxygens (including phenoxy) is 2. The maximum absolute atomic E-state index is 12.7. The highest BCUT2D eigenvalue weighted by molar-refractivity contribution is 6.05. The van der Waals surface area contributed by atoms with Gasteiger partial charge in [-0.05, 0) is 43.5 Å². The van der Waals surface area contributed by atoms with Gasteiger partial charge in [0.05, 0.1) is 25.4 Å². The van der Waals surface area contributed by atoms with Crippen molar-refractivity contribution >= 4 is 17.2 Å². The molecule has 1 atom stereocenters. The van der Waals surface area contributed by atoms with Gasteiger partial charge < -0.3 is 9.47 Å². The maximum atomic E-state index is 12.7. The second-order valence-electron chi connectivity index (χ2n) is 6.55. The third kappa shape index (κ3) is 2.51. The van der Waals surface area contributed by atoms with Gasteiger partial charge in [-0.2, -0.15) is 0 Å². The van der Waals surface area contributed by atoms with E-state index in [2.05, 4.69) is 35.6 Å². The van der Waals surface area contributed by atoms with Gasteiger partial charge in [-0.25, -0.2) is 4.79 Å². The van der Waals surface area contributed by atoms with Crippen molar-refractivity contribution in [2.75, 3.05) is 18.7 Å². The predicted molar refractivity (Wildman–Crippen MR) is 101 cm³/mol. The van der Waals surface area contributed by atoms with E-state index >= 15 is 0 Å². The lowest BCUT2D eigenvalue weighted by Crippen LogP contribution is -2.46. The topological polar surface area (TPSA) is 50.8 Å². The summed E-state index contributed by atoms with van der Waals surface area (Å²) in [5.41, 5.74) is 9.05. The first-order valence-electron chi connectivity index (χ1n) is 8.88. The van der Waals surface area contributed by atoms with E-state index in [1.807, 2.05) is 31.2 Å². The molecule has 2 aliphatic rings. The fourth-order valence-corrected chi connectivity index (χ4v) is 3.78. The molecular formula is C21H22N2O3. The normalized spacial score (nSPS) is 17.7. The largest absolute Gasteiger partial charge is 0.497 e. The lowest BCUT2D eigenvalue weighted by atomic mass is 9.91. The summed E-state index contributed by atoms with van der Waals surface area (Å²) in [6, 6.07) is 14.3. The molecule has 0 saturated carbocycles. The molecule has 2 aromatic rings. The Morgan fingerprint density at radius 2 is 2.08 bits per heavy atom. The molecule has 1 N–H and O–H groups in total. The van der Waals surface area contributed by atoms with Crippen LogP contribution in [0.3, 0.4) is 0 Å². The van der Waals surface area contributed by atoms with Crippen LogP contribution >= 0.6 is 0 Å². The van der Waals surface area contributed by atoms with E-state index in [4.69, 9.17) is 9.47 Å². The molecular weight excluding hydrogens is 328 g/mol. The smallest absolute Gasteiger partial charge is 0.356 e. The van der Waals surface area contributed by atoms with Crippen LogP contribution in [-0.2, 0) is 16.0 Å². The van der Waals surface area contributed by atoms with Crippen molar-refractivity contribution < 1.29 is 14.3 Å². The minimum Gasteiger partial charge on any atom is -0.497 e. The Balaban J connectivity index is 1.96. The van der Waals surface area contributed by atoms with Crippen molar-refractivity contribution in [1.29, 1.82) is 0 Å². The van der Waals surface area contributed by atoms with Crippen LogP contribution in [0.2, 0.25) is 0 Å². The molecule has 4 rings (SSSR count). The number of hydrazine groups is 1. The van der Waals surface area contributed by atoms with E-state index in [-0.39, 0.29) is 12.0 Å². The summed E-state index contributed by atoms with van der Waals surface area (Å²) in [7, 11) is 1.64. The van der Waals surface area contributed by atoms with Crippen LogP contribution in [0, 0.1) is 0 Å². The minimum atomic E-state index is -0.347. The van der Waals surface area contributed by atoms with Crippen LogP contribution in [0.15, 0.2) is 48.2 Å². The molecule has 2 aliphatic heterocycles. The van der Waals surface area contributed by atoms with Gasteiger partial charge in [-0.15, -0.1) is 0 Å². The highest BCUT2D eigenvalue weighted by atomic mass is 16.5. The van der Waals surface area contributed by atoms with Gasteiger partial charge in [0.25, 0.3) is 0 Å². The van der Waals surface area contributed by atoms with Crippen molar-refractivity contribution in [3.8, 4) is 5.75 Å². The number of anilines is 1. The average molecular weight is 350 g/mol. The van der Waals surface area contributed by atoms with Gasteiger partial charge in [-0.3, -0.25) is 10.4 Å². The van der Waals surface area contributed by atoms with Crippen molar-refractivity contribution in [1.82, 2.24) is 5.43 Å². The molecule has 5 heteroatoms. The molecule has 0 radical (unpaired) electrons. The van der Waals surface area contributed by atoms with Gasteiger partial charge in [0.2, 0.25) is 0 Å². The Morgan fingerprint density at radius 3 is 2.85 bits per heavy atom. The van der Waals surface area contributed by atoms with Crippen molar-refractivity contribution in [2.24, 2.45) is 0 Å². The van der Waals surface area contributed by atoms with Crippen LogP contribution in [-0.4, -0.2) is 25.7 Å². The summed E-state index contributed by atoms with van der Waals surface area (Å²) >= 11 is 0. The monoisotopic (exact) mass is 350 g/mol. The van der Waals surface area contributed by atoms with E-state index in [9.17, 15) is 4.79 Å². The highest BCUT2D eigenvalue weighted by Gasteiger charge is 2.37. The van der Waals surface area contributed by atoms with Crippen molar-refractivity contribution in [3.05, 3.63) is 64.9 Å². The van der Waals surface area contributed by atoms with Crippen molar-refractivity contribution in [3.63, 3.8) is 0 Å². The molecule has 1 unspecified atom stereocenters. The van der Waals surface area contributed by atoms with Crippen molar-refractivity contribution in [2.45, 2.75) is 26.3 Å². The third-order valence-corrected chi connectivity index (χ3v) is 4.91. The van der Waals surface area contributed by atoms with E-state index in [1.165, 1.54) is 5.56 Å². The molecule has 5 nitrogen and oxygen atoms in total. The van der Waals surface area contributed by atoms with Crippen LogP contribution in [0.4, 0.5) is 5.69 Å². The molecule has 2 aromatic carbocycles. The summed E-state index contributed by atoms with van der Waals surface area (Å²) in [6.07, 6.45) is 0.942. The summed E-state index contributed by atoms with van der Waals surface area (Å²) in [4.78, 5) is 12.7. The van der Waals surface area contributed by atoms with Gasteiger partial charge in [0.15, 0.2) is 0 Å². The van der Waals surface area contributed by atoms with E-state index in [0.29, 0.717) is 12.3 Å². The Hall–Kier alpha value is -2.95. The fraction of sp³-hybridized carbons (Fsp3) is 0.286. The number of hydrogen-bond acceptors (Lipinski definition) is 5. The highest BCUT2D eigenvalue weighted by Crippen LogP contribution is 2.44. The van der Waals surface area contributed by atoms with Gasteiger partial charge in [-0.1, -0.05) is 30.3 Å². The molecule has 134 valence electrons. The number of carbonyl (C=O) groups excluding carboxylic acids is 1. The summed E-state index contributed by atoms with van der Waals surface area (Å²) in [5, 5.41) is 2.08. The van der Waals surface area contributed by atoms with Gasteiger partial charge in [0, 0.05) is 11.1 Å². The number of benzene rings is 2. The Morgan fingerprint density at radius 1 is 1.27 bits per heavy atom. The molecule has 26 heavy (non-hydrogen) atoms. The number of nitrogens with zero attached hydrogens (tertiary/aromatic N) is 1. The lowest BCUT2D eigenvalue weighted by molar-refractivity contribution is -0.138. The lowest BCUT2D eigenvalue weighted by Gasteiger charge is -2.34. The second kappa shape index (κ2) is 6.41. The number of para-hydroxylation sites is 1. The Bertz CT molecular complexity index is 904. The molecule has 0 amide bonds. The molecule has 0 spiro atoms. The minimum absolute atomic E-state index is 0.266. The van der Waals surface area contributed by atoms with Crippen LogP contribution < -0.4 is 15.2 Å². The molecule has 0 saturated heterocycles. The number of esters is 1. The first-order valence-corrected chi connectivity index (χ1v) is 8.88. The first kappa shape index (κ1) is 16.5. The summed E-state index contributed by atoms with van der Waals surface area (Å²) in [5.74, 6) is 0.405. The summed E-state index contributed by atoms with van der Waals surface area (Å²) in [6.45, 7) is 4.30. The predicted octanol–water partition coefficient (Wildman–Crippen LogP) is 3.29. The fourth-order valence-electron chi connectivity index (χ4n) is 3.78. The number of nitrogens with one attached hydrogen (secondary N) is 1. The molecule has 0 aliphatic carbocycles. The zero-order chi connectivity index (χ0) is 18.3. The second-order valence-corrected chi connectivity index (χ2v) is 6.55. The van der Waals surface area contributed by atoms with E-state index in [0.717, 1.165) is 34.6 Å². The van der Waals surface area contributed by atoms with Crippen LogP contribution in [0.5, 0.6) is 5.75 Å². The van der Waals surface area contributed by atoms with E-state index < -0.39 is 0 Å². The number of methoxy groups -OCH3 is 1. The number of rotatable bonds is 4. The third-order valence-electron chi connectivity index (χ3n) is 4.91. The SMILES string of the molecule is CCOC(=O)C1=C(c2cccc(OC)c2)c2cccc3c2N(N1)C(C)C3. The average Bonchev–Trinajstić information content (AvgIpc) is 2.98. The van der Waals surface area contributed by atoms with Gasteiger partial charge >= 0.3 is 5.97 Å². The molecule has 2 heterocycles. The molecule has 0 aromatic heterocycles. The quantitative estimate of drug-likeness (QED) is 0.858. The summed E-state index contributed by atoms with van der Waals surface area (Å²) < 4.78 is 10.7. The zero-order valence-corrected chi connectivity index (χ0v) is 15.2. The van der Waals surface area contributed by atoms with Crippen LogP contribution in [0.1, 0.15) is 30.5 Å². The first-order chi connectivity index (χ1) is 12.6. The standard InChI is InChI=1S/C21H22N2O3/c1-4-26-21(24)19-18(14-7-5-9-16(12-14)25-3)17-10-6-8-15-11-13(2)23(22-19)20(15)17/h5-10,12-13,22H,4,11H2,1-3H3. The number of hydrogen-bond donors (Lipinski definition) is 1. The molecule has 0 bridgehead atoms. The zero-order valence-electron chi connectivity index (χ0n) is 15.2. The number of carbonyl (C=O) groups is 1. The Kier molecular flexibility index (Phi) is 4.07. The van der Waals surface area contributed by atoms with E-state index in [1.54, 1.807) is 7.11 Å². The van der Waals surface area contributed by atoms with Crippen LogP contribution in [0.25, 0.3) is 5.57 Å². The molecule has 0 fully saturated rings. The Labute approximate surface area is 153 Å².